The first-order chi connectivity index (χ1) is 0. The van der Waals surface area contributed by atoms with E-state index in [1.807, 2.05) is 0 Å². The SMILES string of the molecule is N.N.N.N.[B-].[B-].[B-].[B-].[Ca+2].[Mg+2]. The van der Waals surface area contributed by atoms with Gasteiger partial charge < -0.3 is 58.3 Å². The van der Waals surface area contributed by atoms with Gasteiger partial charge in [-0.25, -0.2) is 0 Å². The zero-order valence-corrected chi connectivity index (χ0v) is 10.2. The molecule has 16 radical (unpaired) electrons. The Kier molecular flexibility index (Phi) is 8390. The summed E-state index contributed by atoms with van der Waals surface area (Å²) in [5, 5.41) is 0. The molecule has 0 unspecified atom stereocenters. The van der Waals surface area contributed by atoms with E-state index in [1.165, 1.54) is 0 Å². The van der Waals surface area contributed by atoms with Crippen molar-refractivity contribution in [1.82, 2.24) is 24.6 Å². The van der Waals surface area contributed by atoms with Crippen LogP contribution >= 0.6 is 0 Å². The molecule has 0 amide bonds. The summed E-state index contributed by atoms with van der Waals surface area (Å²) in [7, 11) is 0. The van der Waals surface area contributed by atoms with Crippen molar-refractivity contribution in [3.8, 4) is 0 Å². The van der Waals surface area contributed by atoms with Gasteiger partial charge in [-0.15, -0.1) is 0 Å². The van der Waals surface area contributed by atoms with E-state index >= 15 is 0 Å². The molecule has 0 atom stereocenters. The molecular weight excluding hydrogens is 164 g/mol. The van der Waals surface area contributed by atoms with Crippen LogP contribution in [0.4, 0.5) is 0 Å². The van der Waals surface area contributed by atoms with E-state index in [9.17, 15) is 0 Å². The van der Waals surface area contributed by atoms with Crippen LogP contribution in [0.2, 0.25) is 0 Å². The molecule has 0 spiro atoms. The minimum absolute atomic E-state index is 0. The normalized spacial score (nSPS) is 0. The molecule has 0 aliphatic rings. The Labute approximate surface area is 118 Å². The van der Waals surface area contributed by atoms with Crippen molar-refractivity contribution in [3.63, 3.8) is 0 Å². The fourth-order valence-corrected chi connectivity index (χ4v) is 0. The molecule has 10 heavy (non-hydrogen) atoms. The maximum atomic E-state index is 0. The largest absolute Gasteiger partial charge is 2.00 e. The molecule has 0 aromatic rings. The minimum Gasteiger partial charge on any atom is -1.00 e. The van der Waals surface area contributed by atoms with Gasteiger partial charge in [0.2, 0.25) is 0 Å². The van der Waals surface area contributed by atoms with Crippen LogP contribution in [0.5, 0.6) is 0 Å². The molecule has 0 aromatic heterocycles. The Hall–Kier alpha value is 2.13. The van der Waals surface area contributed by atoms with Crippen LogP contribution in [0.3, 0.4) is 0 Å². The standard InChI is InChI=1S/4B.Ca.Mg.4H3N/h;;;;;;4*1H3/q4*-1;2*+2;;;;. The van der Waals surface area contributed by atoms with Crippen LogP contribution in [0.1, 0.15) is 0 Å². The molecule has 4 nitrogen and oxygen atoms in total. The summed E-state index contributed by atoms with van der Waals surface area (Å²) in [4.78, 5) is 0. The predicted octanol–water partition coefficient (Wildman–Crippen LogP) is -1.64. The third-order valence-electron chi connectivity index (χ3n) is 0. The van der Waals surface area contributed by atoms with Gasteiger partial charge in [-0.3, -0.25) is 0 Å². The van der Waals surface area contributed by atoms with E-state index in [1.54, 1.807) is 0 Å². The number of rotatable bonds is 0. The van der Waals surface area contributed by atoms with Crippen LogP contribution in [-0.2, 0) is 0 Å². The second-order valence-electron chi connectivity index (χ2n) is 0. The summed E-state index contributed by atoms with van der Waals surface area (Å²) in [6.07, 6.45) is 0. The topological polar surface area (TPSA) is 140 Å². The summed E-state index contributed by atoms with van der Waals surface area (Å²) >= 11 is 0. The summed E-state index contributed by atoms with van der Waals surface area (Å²) in [5.74, 6) is 0. The maximum Gasteiger partial charge on any atom is 2.00 e. The summed E-state index contributed by atoms with van der Waals surface area (Å²) < 4.78 is 0. The zero-order valence-electron chi connectivity index (χ0n) is 6.55. The summed E-state index contributed by atoms with van der Waals surface area (Å²) in [5.41, 5.74) is 0. The average Bonchev–Trinajstić information content (AvgIpc) is 0. The molecule has 0 fully saturated rings. The number of hydrogen-bond acceptors (Lipinski definition) is 4. The van der Waals surface area contributed by atoms with Gasteiger partial charge in [0, 0.05) is 0 Å². The maximum absolute atomic E-state index is 0. The van der Waals surface area contributed by atoms with Crippen molar-refractivity contribution < 1.29 is 0 Å². The van der Waals surface area contributed by atoms with Crippen molar-refractivity contribution in [3.05, 3.63) is 0 Å². The van der Waals surface area contributed by atoms with Crippen LogP contribution in [0.15, 0.2) is 0 Å². The first-order valence-corrected chi connectivity index (χ1v) is 0. The minimum atomic E-state index is 0. The molecule has 0 saturated heterocycles. The summed E-state index contributed by atoms with van der Waals surface area (Å²) in [6.45, 7) is 0. The monoisotopic (exact) mass is 176 g/mol. The molecule has 0 aliphatic carbocycles. The Morgan fingerprint density at radius 1 is 0.400 bits per heavy atom. The van der Waals surface area contributed by atoms with Gasteiger partial charge in [0.15, 0.2) is 0 Å². The van der Waals surface area contributed by atoms with Gasteiger partial charge in [-0.1, -0.05) is 0 Å². The van der Waals surface area contributed by atoms with E-state index < -0.39 is 0 Å². The Bertz CT molecular complexity index is 17.2. The van der Waals surface area contributed by atoms with Gasteiger partial charge in [-0.05, 0) is 0 Å². The average molecular weight is 176 g/mol. The van der Waals surface area contributed by atoms with Crippen molar-refractivity contribution >= 4 is 94.4 Å². The molecular formula is H12B4CaMgN4. The van der Waals surface area contributed by atoms with Gasteiger partial charge >= 0.3 is 60.8 Å². The smallest absolute Gasteiger partial charge is 1.00 e. The summed E-state index contributed by atoms with van der Waals surface area (Å²) in [6, 6.07) is 0. The van der Waals surface area contributed by atoms with Gasteiger partial charge in [-0.2, -0.15) is 0 Å². The molecule has 0 rings (SSSR count). The van der Waals surface area contributed by atoms with E-state index in [4.69, 9.17) is 0 Å². The predicted molar refractivity (Wildman–Crippen MR) is 54.6 cm³/mol. The first kappa shape index (κ1) is 332. The zero-order chi connectivity index (χ0) is 0. The second kappa shape index (κ2) is 252. The molecule has 0 bridgehead atoms. The van der Waals surface area contributed by atoms with Crippen molar-refractivity contribution in [2.75, 3.05) is 0 Å². The Morgan fingerprint density at radius 2 is 0.400 bits per heavy atom. The van der Waals surface area contributed by atoms with E-state index in [-0.39, 0.29) is 119 Å². The fourth-order valence-electron chi connectivity index (χ4n) is 0. The fraction of sp³-hybridized carbons (Fsp3) is 0. The molecule has 0 saturated carbocycles. The van der Waals surface area contributed by atoms with E-state index in [0.717, 1.165) is 0 Å². The van der Waals surface area contributed by atoms with Gasteiger partial charge in [0.25, 0.3) is 0 Å². The van der Waals surface area contributed by atoms with Crippen LogP contribution < -0.4 is 24.6 Å². The van der Waals surface area contributed by atoms with Crippen molar-refractivity contribution in [2.45, 2.75) is 0 Å². The molecule has 0 aliphatic heterocycles. The van der Waals surface area contributed by atoms with E-state index in [0.29, 0.717) is 0 Å². The first-order valence-electron chi connectivity index (χ1n) is 0. The van der Waals surface area contributed by atoms with Crippen LogP contribution in [-0.4, -0.2) is 94.4 Å². The van der Waals surface area contributed by atoms with Crippen LogP contribution in [0.25, 0.3) is 0 Å². The Morgan fingerprint density at radius 3 is 0.400 bits per heavy atom. The van der Waals surface area contributed by atoms with E-state index in [2.05, 4.69) is 0 Å². The molecule has 48 valence electrons. The Balaban J connectivity index is 0. The van der Waals surface area contributed by atoms with Crippen LogP contribution in [0, 0.1) is 0 Å². The quantitative estimate of drug-likeness (QED) is 0.328. The molecule has 0 heterocycles. The molecule has 12 N–H and O–H groups in total. The second-order valence-corrected chi connectivity index (χ2v) is 0. The third kappa shape index (κ3) is 187. The third-order valence-corrected chi connectivity index (χ3v) is 0. The molecule has 10 heteroatoms. The van der Waals surface area contributed by atoms with Crippen molar-refractivity contribution in [2.24, 2.45) is 0 Å². The van der Waals surface area contributed by atoms with Crippen molar-refractivity contribution in [1.29, 1.82) is 0 Å². The molecule has 0 aromatic carbocycles. The van der Waals surface area contributed by atoms with Gasteiger partial charge in [0.1, 0.15) is 0 Å². The number of hydrogen-bond donors (Lipinski definition) is 4. The van der Waals surface area contributed by atoms with Gasteiger partial charge in [0.05, 0.1) is 0 Å².